The number of aliphatic imine (C=N–C) groups is 1. The van der Waals surface area contributed by atoms with Crippen molar-refractivity contribution in [2.75, 3.05) is 64.7 Å². The molecule has 15 heteroatoms. The van der Waals surface area contributed by atoms with E-state index < -0.39 is 49.4 Å². The average molecular weight is 508 g/mol. The van der Waals surface area contributed by atoms with Gasteiger partial charge in [-0.3, -0.25) is 38.7 Å². The standard InChI is InChI=1S/C18H29N5O8S2/c24-14(19-1-7-32)9-22(12-17(28)29)5-3-21(11-16(26)27)4-6-23(13-18(30)31)10-15(25)20-2-8-33/h1-2,7,32-33H,3-6,8-13H2,(H,19,24)(H,26,27)(H,28,29)(H,30,31)/b7-1-,20-2?. The summed E-state index contributed by atoms with van der Waals surface area (Å²) in [6.45, 7) is -1.54. The molecule has 186 valence electrons. The summed E-state index contributed by atoms with van der Waals surface area (Å²) in [5.41, 5.74) is 0. The van der Waals surface area contributed by atoms with Gasteiger partial charge in [0.15, 0.2) is 0 Å². The van der Waals surface area contributed by atoms with Gasteiger partial charge < -0.3 is 20.6 Å². The third-order valence-corrected chi connectivity index (χ3v) is 4.22. The first-order chi connectivity index (χ1) is 15.6. The number of thiol groups is 2. The Morgan fingerprint density at radius 2 is 1.21 bits per heavy atom. The van der Waals surface area contributed by atoms with E-state index in [2.05, 4.69) is 35.6 Å². The van der Waals surface area contributed by atoms with Crippen LogP contribution >= 0.6 is 25.3 Å². The fourth-order valence-corrected chi connectivity index (χ4v) is 2.75. The number of nitrogens with zero attached hydrogens (tertiary/aromatic N) is 4. The number of amides is 2. The van der Waals surface area contributed by atoms with E-state index in [1.165, 1.54) is 32.5 Å². The smallest absolute Gasteiger partial charge is 0.317 e. The molecule has 0 aromatic carbocycles. The summed E-state index contributed by atoms with van der Waals surface area (Å²) in [6, 6.07) is 0. The summed E-state index contributed by atoms with van der Waals surface area (Å²) in [5, 5.41) is 31.0. The van der Waals surface area contributed by atoms with Gasteiger partial charge >= 0.3 is 17.9 Å². The molecule has 0 aliphatic carbocycles. The number of carbonyl (C=O) groups is 5. The second-order valence-corrected chi connectivity index (χ2v) is 7.31. The van der Waals surface area contributed by atoms with Crippen LogP contribution in [0.3, 0.4) is 0 Å². The number of nitrogens with one attached hydrogen (secondary N) is 1. The Morgan fingerprint density at radius 1 is 0.758 bits per heavy atom. The normalized spacial score (nSPS) is 11.7. The summed E-state index contributed by atoms with van der Waals surface area (Å²) in [5.74, 6) is -4.27. The fourth-order valence-electron chi connectivity index (χ4n) is 2.59. The summed E-state index contributed by atoms with van der Waals surface area (Å²) in [4.78, 5) is 64.8. The minimum Gasteiger partial charge on any atom is -0.480 e. The zero-order valence-corrected chi connectivity index (χ0v) is 19.7. The van der Waals surface area contributed by atoms with Gasteiger partial charge in [0, 0.05) is 44.3 Å². The third-order valence-electron chi connectivity index (χ3n) is 3.90. The number of aliphatic carboxylic acids is 3. The SMILES string of the molecule is O=C(O)CN(CCN(CC(=O)O)CC(=O)N=CCS)CCN(CC(=O)O)CC(=O)N/C=C\S. The largest absolute Gasteiger partial charge is 0.480 e. The molecule has 0 radical (unpaired) electrons. The monoisotopic (exact) mass is 507 g/mol. The molecule has 0 unspecified atom stereocenters. The van der Waals surface area contributed by atoms with Gasteiger partial charge in [0.25, 0.3) is 5.91 Å². The Bertz CT molecular complexity index is 735. The lowest BCUT2D eigenvalue weighted by molar-refractivity contribution is -0.141. The highest BCUT2D eigenvalue weighted by molar-refractivity contribution is 7.83. The van der Waals surface area contributed by atoms with Crippen molar-refractivity contribution < 1.29 is 39.3 Å². The van der Waals surface area contributed by atoms with Crippen LogP contribution in [0, 0.1) is 0 Å². The lowest BCUT2D eigenvalue weighted by atomic mass is 10.3. The number of hydrogen-bond donors (Lipinski definition) is 6. The minimum absolute atomic E-state index is 0.0495. The van der Waals surface area contributed by atoms with E-state index in [1.54, 1.807) is 0 Å². The zero-order chi connectivity index (χ0) is 25.2. The predicted octanol–water partition coefficient (Wildman–Crippen LogP) is -1.81. The van der Waals surface area contributed by atoms with E-state index in [9.17, 15) is 29.1 Å². The van der Waals surface area contributed by atoms with Gasteiger partial charge in [-0.15, -0.1) is 12.6 Å². The van der Waals surface area contributed by atoms with Crippen LogP contribution < -0.4 is 5.32 Å². The molecule has 4 N–H and O–H groups in total. The predicted molar refractivity (Wildman–Crippen MR) is 126 cm³/mol. The van der Waals surface area contributed by atoms with Crippen LogP contribution in [0.15, 0.2) is 16.6 Å². The highest BCUT2D eigenvalue weighted by atomic mass is 32.1. The molecule has 0 fully saturated rings. The van der Waals surface area contributed by atoms with Crippen LogP contribution in [0.4, 0.5) is 0 Å². The fraction of sp³-hybridized carbons (Fsp3) is 0.556. The molecule has 0 aromatic rings. The molecular weight excluding hydrogens is 478 g/mol. The van der Waals surface area contributed by atoms with Crippen LogP contribution in [-0.2, 0) is 24.0 Å². The van der Waals surface area contributed by atoms with Crippen LogP contribution in [0.2, 0.25) is 0 Å². The zero-order valence-electron chi connectivity index (χ0n) is 17.9. The number of carbonyl (C=O) groups excluding carboxylic acids is 2. The Labute approximate surface area is 201 Å². The van der Waals surface area contributed by atoms with E-state index >= 15 is 0 Å². The van der Waals surface area contributed by atoms with Crippen molar-refractivity contribution in [3.05, 3.63) is 11.6 Å². The number of carboxylic acid groups (broad SMARTS) is 3. The minimum atomic E-state index is -1.17. The lowest BCUT2D eigenvalue weighted by Crippen LogP contribution is -2.46. The summed E-state index contributed by atoms with van der Waals surface area (Å²) < 4.78 is 0. The molecule has 13 nitrogen and oxygen atoms in total. The third kappa shape index (κ3) is 17.7. The molecule has 0 bridgehead atoms. The van der Waals surface area contributed by atoms with Crippen LogP contribution in [-0.4, -0.2) is 131 Å². The van der Waals surface area contributed by atoms with E-state index in [0.29, 0.717) is 0 Å². The summed E-state index contributed by atoms with van der Waals surface area (Å²) in [6.07, 6.45) is 2.56. The van der Waals surface area contributed by atoms with E-state index in [-0.39, 0.29) is 45.0 Å². The van der Waals surface area contributed by atoms with Crippen LogP contribution in [0.1, 0.15) is 0 Å². The molecule has 0 spiro atoms. The Hall–Kier alpha value is -2.46. The quantitative estimate of drug-likeness (QED) is 0.0909. The Morgan fingerprint density at radius 3 is 1.67 bits per heavy atom. The second-order valence-electron chi connectivity index (χ2n) is 6.65. The molecular formula is C18H29N5O8S2. The first kappa shape index (κ1) is 30.5. The first-order valence-electron chi connectivity index (χ1n) is 9.64. The average Bonchev–Trinajstić information content (AvgIpc) is 2.71. The Balaban J connectivity index is 5.10. The molecule has 0 saturated heterocycles. The van der Waals surface area contributed by atoms with Gasteiger partial charge in [-0.05, 0) is 5.41 Å². The maximum Gasteiger partial charge on any atom is 0.317 e. The van der Waals surface area contributed by atoms with Crippen molar-refractivity contribution in [3.63, 3.8) is 0 Å². The molecule has 0 heterocycles. The van der Waals surface area contributed by atoms with Gasteiger partial charge in [-0.1, -0.05) is 0 Å². The van der Waals surface area contributed by atoms with Gasteiger partial charge in [-0.25, -0.2) is 4.99 Å². The summed E-state index contributed by atoms with van der Waals surface area (Å²) in [7, 11) is 0. The van der Waals surface area contributed by atoms with Crippen molar-refractivity contribution in [1.82, 2.24) is 20.0 Å². The van der Waals surface area contributed by atoms with Crippen LogP contribution in [0.5, 0.6) is 0 Å². The molecule has 0 atom stereocenters. The van der Waals surface area contributed by atoms with E-state index in [0.717, 1.165) is 0 Å². The molecule has 0 aliphatic rings. The number of rotatable bonds is 18. The lowest BCUT2D eigenvalue weighted by Gasteiger charge is -2.27. The number of carboxylic acids is 3. The molecule has 0 aromatic heterocycles. The van der Waals surface area contributed by atoms with Crippen LogP contribution in [0.25, 0.3) is 0 Å². The molecule has 2 amide bonds. The van der Waals surface area contributed by atoms with Gasteiger partial charge in [0.2, 0.25) is 5.91 Å². The van der Waals surface area contributed by atoms with Crippen molar-refractivity contribution in [1.29, 1.82) is 0 Å². The second kappa shape index (κ2) is 18.0. The van der Waals surface area contributed by atoms with Crippen molar-refractivity contribution in [3.8, 4) is 0 Å². The topological polar surface area (TPSA) is 180 Å². The first-order valence-corrected chi connectivity index (χ1v) is 10.8. The number of hydrogen-bond acceptors (Lipinski definition) is 10. The highest BCUT2D eigenvalue weighted by Crippen LogP contribution is 1.98. The maximum atomic E-state index is 11.9. The van der Waals surface area contributed by atoms with E-state index in [4.69, 9.17) is 10.2 Å². The molecule has 0 aliphatic heterocycles. The van der Waals surface area contributed by atoms with Gasteiger partial charge in [0.05, 0.1) is 32.7 Å². The molecule has 33 heavy (non-hydrogen) atoms. The molecule has 0 rings (SSSR count). The highest BCUT2D eigenvalue weighted by Gasteiger charge is 2.19. The van der Waals surface area contributed by atoms with Crippen molar-refractivity contribution in [2.24, 2.45) is 4.99 Å². The van der Waals surface area contributed by atoms with Gasteiger partial charge in [-0.2, -0.15) is 12.6 Å². The summed E-state index contributed by atoms with van der Waals surface area (Å²) >= 11 is 7.70. The maximum absolute atomic E-state index is 11.9. The Kier molecular flexibility index (Phi) is 16.7. The van der Waals surface area contributed by atoms with Gasteiger partial charge in [0.1, 0.15) is 0 Å². The van der Waals surface area contributed by atoms with E-state index in [1.807, 2.05) is 0 Å². The van der Waals surface area contributed by atoms with Crippen molar-refractivity contribution >= 4 is 61.2 Å². The molecule has 0 saturated carbocycles. The van der Waals surface area contributed by atoms with Crippen molar-refractivity contribution in [2.45, 2.75) is 0 Å².